The van der Waals surface area contributed by atoms with Crippen LogP contribution in [0.5, 0.6) is 5.75 Å². The van der Waals surface area contributed by atoms with Gasteiger partial charge >= 0.3 is 5.97 Å². The lowest BCUT2D eigenvalue weighted by molar-refractivity contribution is 0.0472. The van der Waals surface area contributed by atoms with E-state index in [1.807, 2.05) is 54.6 Å². The maximum absolute atomic E-state index is 12.5. The summed E-state index contributed by atoms with van der Waals surface area (Å²) in [5.74, 6) is -0.0452. The summed E-state index contributed by atoms with van der Waals surface area (Å²) in [6, 6.07) is 23.8. The van der Waals surface area contributed by atoms with E-state index in [2.05, 4.69) is 6.92 Å². The summed E-state index contributed by atoms with van der Waals surface area (Å²) in [5.41, 5.74) is 2.79. The van der Waals surface area contributed by atoms with E-state index in [0.717, 1.165) is 17.7 Å². The van der Waals surface area contributed by atoms with Crippen molar-refractivity contribution >= 4 is 11.8 Å². The first-order chi connectivity index (χ1) is 13.7. The van der Waals surface area contributed by atoms with E-state index >= 15 is 0 Å². The molecule has 0 fully saturated rings. The van der Waals surface area contributed by atoms with Crippen LogP contribution in [0.15, 0.2) is 78.9 Å². The molecule has 0 spiro atoms. The number of ketones is 1. The number of hydrogen-bond donors (Lipinski definition) is 0. The fourth-order valence-corrected chi connectivity index (χ4v) is 2.74. The predicted molar refractivity (Wildman–Crippen MR) is 108 cm³/mol. The Morgan fingerprint density at radius 2 is 1.50 bits per heavy atom. The number of carbonyl (C=O) groups excluding carboxylic acids is 2. The highest BCUT2D eigenvalue weighted by molar-refractivity contribution is 5.99. The SMILES string of the molecule is CCc1ccc(C(=O)COC(=O)c2ccccc2COc2ccccc2)cc1. The number of aryl methyl sites for hydroxylation is 1. The van der Waals surface area contributed by atoms with Gasteiger partial charge in [-0.15, -0.1) is 0 Å². The van der Waals surface area contributed by atoms with Crippen LogP contribution in [0.1, 0.15) is 38.8 Å². The topological polar surface area (TPSA) is 52.6 Å². The Morgan fingerprint density at radius 3 is 2.21 bits per heavy atom. The van der Waals surface area contributed by atoms with Crippen LogP contribution in [0.2, 0.25) is 0 Å². The fourth-order valence-electron chi connectivity index (χ4n) is 2.74. The van der Waals surface area contributed by atoms with E-state index in [4.69, 9.17) is 9.47 Å². The first-order valence-electron chi connectivity index (χ1n) is 9.22. The van der Waals surface area contributed by atoms with Gasteiger partial charge in [0, 0.05) is 11.1 Å². The average Bonchev–Trinajstić information content (AvgIpc) is 2.76. The summed E-state index contributed by atoms with van der Waals surface area (Å²) in [7, 11) is 0. The lowest BCUT2D eigenvalue weighted by Crippen LogP contribution is -2.16. The summed E-state index contributed by atoms with van der Waals surface area (Å²) in [4.78, 5) is 24.8. The van der Waals surface area contributed by atoms with Crippen molar-refractivity contribution in [2.45, 2.75) is 20.0 Å². The number of carbonyl (C=O) groups is 2. The first-order valence-corrected chi connectivity index (χ1v) is 9.22. The molecule has 0 amide bonds. The molecule has 0 unspecified atom stereocenters. The molecule has 0 saturated heterocycles. The molecule has 4 heteroatoms. The van der Waals surface area contributed by atoms with Crippen molar-refractivity contribution in [3.05, 3.63) is 101 Å². The number of ether oxygens (including phenoxy) is 2. The molecule has 28 heavy (non-hydrogen) atoms. The van der Waals surface area contributed by atoms with Crippen LogP contribution < -0.4 is 4.74 Å². The number of para-hydroxylation sites is 1. The number of Topliss-reactive ketones (excluding diaryl/α,β-unsaturated/α-hetero) is 1. The molecule has 3 aromatic carbocycles. The van der Waals surface area contributed by atoms with Gasteiger partial charge in [0.2, 0.25) is 0 Å². The predicted octanol–water partition coefficient (Wildman–Crippen LogP) is 4.87. The Hall–Kier alpha value is -3.40. The third-order valence-electron chi connectivity index (χ3n) is 4.39. The highest BCUT2D eigenvalue weighted by Crippen LogP contribution is 2.16. The van der Waals surface area contributed by atoms with E-state index in [0.29, 0.717) is 16.7 Å². The van der Waals surface area contributed by atoms with E-state index in [1.165, 1.54) is 0 Å². The van der Waals surface area contributed by atoms with Crippen LogP contribution in [-0.4, -0.2) is 18.4 Å². The van der Waals surface area contributed by atoms with Gasteiger partial charge in [-0.25, -0.2) is 4.79 Å². The summed E-state index contributed by atoms with van der Waals surface area (Å²) < 4.78 is 11.0. The van der Waals surface area contributed by atoms with Gasteiger partial charge in [0.15, 0.2) is 12.4 Å². The molecule has 0 atom stereocenters. The van der Waals surface area contributed by atoms with Crippen molar-refractivity contribution in [1.29, 1.82) is 0 Å². The van der Waals surface area contributed by atoms with Gasteiger partial charge in [0.25, 0.3) is 0 Å². The van der Waals surface area contributed by atoms with Crippen molar-refractivity contribution in [2.24, 2.45) is 0 Å². The number of hydrogen-bond acceptors (Lipinski definition) is 4. The van der Waals surface area contributed by atoms with Crippen molar-refractivity contribution in [1.82, 2.24) is 0 Å². The van der Waals surface area contributed by atoms with Crippen LogP contribution in [0, 0.1) is 0 Å². The van der Waals surface area contributed by atoms with Crippen molar-refractivity contribution in [2.75, 3.05) is 6.61 Å². The largest absolute Gasteiger partial charge is 0.489 e. The monoisotopic (exact) mass is 374 g/mol. The molecule has 142 valence electrons. The molecule has 0 aliphatic rings. The zero-order valence-electron chi connectivity index (χ0n) is 15.8. The van der Waals surface area contributed by atoms with Gasteiger partial charge in [0.1, 0.15) is 12.4 Å². The van der Waals surface area contributed by atoms with Crippen LogP contribution in [-0.2, 0) is 17.8 Å². The van der Waals surface area contributed by atoms with E-state index in [-0.39, 0.29) is 19.0 Å². The lowest BCUT2D eigenvalue weighted by Gasteiger charge is -2.11. The third-order valence-corrected chi connectivity index (χ3v) is 4.39. The van der Waals surface area contributed by atoms with Gasteiger partial charge in [0.05, 0.1) is 5.56 Å². The maximum Gasteiger partial charge on any atom is 0.338 e. The highest BCUT2D eigenvalue weighted by atomic mass is 16.5. The van der Waals surface area contributed by atoms with Gasteiger partial charge in [-0.3, -0.25) is 4.79 Å². The van der Waals surface area contributed by atoms with E-state index in [1.54, 1.807) is 24.3 Å². The van der Waals surface area contributed by atoms with Gasteiger partial charge in [-0.2, -0.15) is 0 Å². The van der Waals surface area contributed by atoms with Crippen LogP contribution in [0.3, 0.4) is 0 Å². The standard InChI is InChI=1S/C24H22O4/c1-2-18-12-14-19(15-13-18)23(25)17-28-24(26)22-11-7-6-8-20(22)16-27-21-9-4-3-5-10-21/h3-15H,2,16-17H2,1H3. The zero-order chi connectivity index (χ0) is 19.8. The molecule has 0 bridgehead atoms. The van der Waals surface area contributed by atoms with Gasteiger partial charge in [-0.1, -0.05) is 67.6 Å². The molecule has 4 nitrogen and oxygen atoms in total. The number of esters is 1. The Balaban J connectivity index is 1.61. The maximum atomic E-state index is 12.5. The van der Waals surface area contributed by atoms with Crippen LogP contribution >= 0.6 is 0 Å². The molecule has 0 aliphatic carbocycles. The molecule has 0 heterocycles. The second kappa shape index (κ2) is 9.51. The Morgan fingerprint density at radius 1 is 0.821 bits per heavy atom. The quantitative estimate of drug-likeness (QED) is 0.417. The van der Waals surface area contributed by atoms with Crippen LogP contribution in [0.25, 0.3) is 0 Å². The molecule has 0 aliphatic heterocycles. The Kier molecular flexibility index (Phi) is 6.58. The van der Waals surface area contributed by atoms with Crippen molar-refractivity contribution in [3.63, 3.8) is 0 Å². The lowest BCUT2D eigenvalue weighted by atomic mass is 10.1. The normalized spacial score (nSPS) is 10.3. The summed E-state index contributed by atoms with van der Waals surface area (Å²) in [6.45, 7) is 2.00. The Labute approximate surface area is 164 Å². The van der Waals surface area contributed by atoms with Gasteiger partial charge in [-0.05, 0) is 30.2 Å². The molecular formula is C24H22O4. The molecule has 0 aromatic heterocycles. The van der Waals surface area contributed by atoms with E-state index < -0.39 is 5.97 Å². The zero-order valence-corrected chi connectivity index (χ0v) is 15.8. The van der Waals surface area contributed by atoms with Crippen molar-refractivity contribution in [3.8, 4) is 5.75 Å². The van der Waals surface area contributed by atoms with Crippen LogP contribution in [0.4, 0.5) is 0 Å². The minimum Gasteiger partial charge on any atom is -0.489 e. The molecule has 3 aromatic rings. The smallest absolute Gasteiger partial charge is 0.338 e. The van der Waals surface area contributed by atoms with Crippen molar-refractivity contribution < 1.29 is 19.1 Å². The minimum atomic E-state index is -0.536. The number of rotatable bonds is 8. The second-order valence-electron chi connectivity index (χ2n) is 6.31. The Bertz CT molecular complexity index is 930. The molecule has 0 radical (unpaired) electrons. The van der Waals surface area contributed by atoms with Gasteiger partial charge < -0.3 is 9.47 Å². The molecular weight excluding hydrogens is 352 g/mol. The third kappa shape index (κ3) is 5.07. The summed E-state index contributed by atoms with van der Waals surface area (Å²) >= 11 is 0. The first kappa shape index (κ1) is 19.4. The average molecular weight is 374 g/mol. The summed E-state index contributed by atoms with van der Waals surface area (Å²) in [5, 5.41) is 0. The minimum absolute atomic E-state index is 0.228. The molecule has 0 saturated carbocycles. The fraction of sp³-hybridized carbons (Fsp3) is 0.167. The van der Waals surface area contributed by atoms with E-state index in [9.17, 15) is 9.59 Å². The molecule has 3 rings (SSSR count). The summed E-state index contributed by atoms with van der Waals surface area (Å²) in [6.07, 6.45) is 0.908. The highest BCUT2D eigenvalue weighted by Gasteiger charge is 2.15. The second-order valence-corrected chi connectivity index (χ2v) is 6.31. The molecule has 0 N–H and O–H groups in total. The number of benzene rings is 3.